The molecule has 0 aliphatic carbocycles. The van der Waals surface area contributed by atoms with E-state index in [0.717, 1.165) is 25.2 Å². The van der Waals surface area contributed by atoms with Gasteiger partial charge in [-0.2, -0.15) is 0 Å². The van der Waals surface area contributed by atoms with E-state index in [1.807, 2.05) is 7.05 Å². The number of hydrogen-bond donors (Lipinski definition) is 1. The standard InChI is InChI=1S/C16H20F2N2O2/c1-19-6-4-16(5-7-19)10-12(21)9-15(22)20(16)11-2-3-13(17)14(18)8-11/h2-3,8,12,21H,4-7,9-10H2,1H3. The van der Waals surface area contributed by atoms with Crippen LogP contribution < -0.4 is 4.90 Å². The number of piperidine rings is 2. The molecule has 1 N–H and O–H groups in total. The molecule has 2 fully saturated rings. The molecule has 2 saturated heterocycles. The van der Waals surface area contributed by atoms with Crippen molar-refractivity contribution in [3.8, 4) is 0 Å². The van der Waals surface area contributed by atoms with Gasteiger partial charge in [-0.1, -0.05) is 0 Å². The average molecular weight is 310 g/mol. The molecule has 1 unspecified atom stereocenters. The predicted molar refractivity (Wildman–Crippen MR) is 78.5 cm³/mol. The number of carbonyl (C=O) groups is 1. The molecular weight excluding hydrogens is 290 g/mol. The quantitative estimate of drug-likeness (QED) is 0.862. The number of halogens is 2. The molecule has 0 aromatic heterocycles. The van der Waals surface area contributed by atoms with Crippen molar-refractivity contribution in [2.45, 2.75) is 37.3 Å². The van der Waals surface area contributed by atoms with Crippen LogP contribution in [0.2, 0.25) is 0 Å². The van der Waals surface area contributed by atoms with Gasteiger partial charge in [-0.05, 0) is 38.4 Å². The number of likely N-dealkylation sites (tertiary alicyclic amines) is 1. The third kappa shape index (κ3) is 2.61. The summed E-state index contributed by atoms with van der Waals surface area (Å²) in [6.45, 7) is 1.61. The lowest BCUT2D eigenvalue weighted by molar-refractivity contribution is -0.125. The van der Waals surface area contributed by atoms with Gasteiger partial charge < -0.3 is 14.9 Å². The molecule has 6 heteroatoms. The van der Waals surface area contributed by atoms with Crippen LogP contribution in [0, 0.1) is 11.6 Å². The number of benzene rings is 1. The second-order valence-electron chi connectivity index (χ2n) is 6.42. The summed E-state index contributed by atoms with van der Waals surface area (Å²) in [4.78, 5) is 16.3. The molecule has 1 aromatic carbocycles. The maximum absolute atomic E-state index is 13.6. The molecule has 2 aliphatic rings. The number of aliphatic hydroxyl groups excluding tert-OH is 1. The van der Waals surface area contributed by atoms with Crippen LogP contribution in [-0.4, -0.2) is 47.7 Å². The van der Waals surface area contributed by atoms with E-state index in [-0.39, 0.29) is 12.3 Å². The molecule has 1 aromatic rings. The Labute approximate surface area is 128 Å². The molecule has 2 aliphatic heterocycles. The van der Waals surface area contributed by atoms with Crippen LogP contribution in [0.4, 0.5) is 14.5 Å². The van der Waals surface area contributed by atoms with Gasteiger partial charge in [0.05, 0.1) is 18.1 Å². The summed E-state index contributed by atoms with van der Waals surface area (Å²) in [5, 5.41) is 10.0. The molecule has 0 saturated carbocycles. The highest BCUT2D eigenvalue weighted by Crippen LogP contribution is 2.41. The summed E-state index contributed by atoms with van der Waals surface area (Å²) in [6.07, 6.45) is 1.26. The molecule has 4 nitrogen and oxygen atoms in total. The van der Waals surface area contributed by atoms with E-state index < -0.39 is 23.3 Å². The highest BCUT2D eigenvalue weighted by Gasteiger charge is 2.47. The average Bonchev–Trinajstić information content (AvgIpc) is 2.45. The molecule has 22 heavy (non-hydrogen) atoms. The van der Waals surface area contributed by atoms with Crippen molar-refractivity contribution in [1.82, 2.24) is 4.90 Å². The monoisotopic (exact) mass is 310 g/mol. The van der Waals surface area contributed by atoms with Crippen LogP contribution in [0.15, 0.2) is 18.2 Å². The Bertz CT molecular complexity index is 586. The Balaban J connectivity index is 2.00. The van der Waals surface area contributed by atoms with Crippen molar-refractivity contribution >= 4 is 11.6 Å². The lowest BCUT2D eigenvalue weighted by Crippen LogP contribution is -2.62. The zero-order valence-corrected chi connectivity index (χ0v) is 12.6. The van der Waals surface area contributed by atoms with Gasteiger partial charge in [0.2, 0.25) is 5.91 Å². The fourth-order valence-electron chi connectivity index (χ4n) is 3.66. The molecule has 0 radical (unpaired) electrons. The Morgan fingerprint density at radius 2 is 1.91 bits per heavy atom. The smallest absolute Gasteiger partial charge is 0.230 e. The van der Waals surface area contributed by atoms with Gasteiger partial charge in [0, 0.05) is 24.8 Å². The third-order valence-corrected chi connectivity index (χ3v) is 4.83. The number of rotatable bonds is 1. The van der Waals surface area contributed by atoms with Crippen molar-refractivity contribution in [1.29, 1.82) is 0 Å². The van der Waals surface area contributed by atoms with Crippen LogP contribution in [0.3, 0.4) is 0 Å². The Kier molecular flexibility index (Phi) is 3.91. The number of nitrogens with zero attached hydrogens (tertiary/aromatic N) is 2. The molecular formula is C16H20F2N2O2. The van der Waals surface area contributed by atoms with E-state index in [9.17, 15) is 18.7 Å². The lowest BCUT2D eigenvalue weighted by atomic mass is 9.77. The van der Waals surface area contributed by atoms with Gasteiger partial charge >= 0.3 is 0 Å². The van der Waals surface area contributed by atoms with Crippen molar-refractivity contribution in [2.24, 2.45) is 0 Å². The minimum absolute atomic E-state index is 0.0244. The van der Waals surface area contributed by atoms with E-state index in [0.29, 0.717) is 24.9 Å². The number of hydrogen-bond acceptors (Lipinski definition) is 3. The van der Waals surface area contributed by atoms with E-state index >= 15 is 0 Å². The van der Waals surface area contributed by atoms with Gasteiger partial charge in [0.1, 0.15) is 0 Å². The first kappa shape index (κ1) is 15.4. The van der Waals surface area contributed by atoms with E-state index in [2.05, 4.69) is 4.90 Å². The van der Waals surface area contributed by atoms with Crippen LogP contribution in [-0.2, 0) is 4.79 Å². The van der Waals surface area contributed by atoms with Crippen molar-refractivity contribution < 1.29 is 18.7 Å². The summed E-state index contributed by atoms with van der Waals surface area (Å²) < 4.78 is 26.8. The maximum atomic E-state index is 13.6. The van der Waals surface area contributed by atoms with E-state index in [1.54, 1.807) is 4.90 Å². The summed E-state index contributed by atoms with van der Waals surface area (Å²) in [6, 6.07) is 3.56. The molecule has 1 amide bonds. The van der Waals surface area contributed by atoms with E-state index in [1.165, 1.54) is 6.07 Å². The van der Waals surface area contributed by atoms with Gasteiger partial charge in [0.25, 0.3) is 0 Å². The van der Waals surface area contributed by atoms with Crippen molar-refractivity contribution in [3.63, 3.8) is 0 Å². The first-order chi connectivity index (χ1) is 10.4. The normalized spacial score (nSPS) is 25.7. The first-order valence-corrected chi connectivity index (χ1v) is 7.56. The highest BCUT2D eigenvalue weighted by molar-refractivity contribution is 5.96. The topological polar surface area (TPSA) is 43.8 Å². The fourth-order valence-corrected chi connectivity index (χ4v) is 3.66. The molecule has 0 bridgehead atoms. The molecule has 1 atom stereocenters. The second kappa shape index (κ2) is 5.59. The number of amides is 1. The second-order valence-corrected chi connectivity index (χ2v) is 6.42. The van der Waals surface area contributed by atoms with Gasteiger partial charge in [-0.25, -0.2) is 8.78 Å². The minimum atomic E-state index is -0.959. The molecule has 1 spiro atoms. The largest absolute Gasteiger partial charge is 0.393 e. The molecule has 2 heterocycles. The Morgan fingerprint density at radius 3 is 2.55 bits per heavy atom. The fraction of sp³-hybridized carbons (Fsp3) is 0.562. The zero-order chi connectivity index (χ0) is 15.9. The van der Waals surface area contributed by atoms with Gasteiger partial charge in [0.15, 0.2) is 11.6 Å². The van der Waals surface area contributed by atoms with Crippen LogP contribution in [0.5, 0.6) is 0 Å². The highest BCUT2D eigenvalue weighted by atomic mass is 19.2. The summed E-state index contributed by atoms with van der Waals surface area (Å²) in [5.41, 5.74) is -0.133. The zero-order valence-electron chi connectivity index (χ0n) is 12.6. The third-order valence-electron chi connectivity index (χ3n) is 4.83. The van der Waals surface area contributed by atoms with Crippen molar-refractivity contribution in [2.75, 3.05) is 25.0 Å². The van der Waals surface area contributed by atoms with Crippen molar-refractivity contribution in [3.05, 3.63) is 29.8 Å². The maximum Gasteiger partial charge on any atom is 0.230 e. The van der Waals surface area contributed by atoms with Crippen LogP contribution in [0.1, 0.15) is 25.7 Å². The van der Waals surface area contributed by atoms with Gasteiger partial charge in [-0.15, -0.1) is 0 Å². The molecule has 120 valence electrons. The summed E-state index contributed by atoms with van der Waals surface area (Å²) in [5.74, 6) is -2.11. The Hall–Kier alpha value is -1.53. The summed E-state index contributed by atoms with van der Waals surface area (Å²) >= 11 is 0. The predicted octanol–water partition coefficient (Wildman–Crippen LogP) is 1.92. The SMILES string of the molecule is CN1CCC2(CC1)CC(O)CC(=O)N2c1ccc(F)c(F)c1. The van der Waals surface area contributed by atoms with Crippen LogP contribution in [0.25, 0.3) is 0 Å². The molecule has 3 rings (SSSR count). The first-order valence-electron chi connectivity index (χ1n) is 7.56. The Morgan fingerprint density at radius 1 is 1.23 bits per heavy atom. The number of anilines is 1. The number of carbonyl (C=O) groups excluding carboxylic acids is 1. The van der Waals surface area contributed by atoms with Crippen LogP contribution >= 0.6 is 0 Å². The van der Waals surface area contributed by atoms with Gasteiger partial charge in [-0.3, -0.25) is 4.79 Å². The minimum Gasteiger partial charge on any atom is -0.393 e. The number of aliphatic hydroxyl groups is 1. The summed E-state index contributed by atoms with van der Waals surface area (Å²) in [7, 11) is 2.01. The van der Waals surface area contributed by atoms with E-state index in [4.69, 9.17) is 0 Å². The lowest BCUT2D eigenvalue weighted by Gasteiger charge is -2.52.